The van der Waals surface area contributed by atoms with E-state index in [0.717, 1.165) is 0 Å². The second-order valence-electron chi connectivity index (χ2n) is 4.83. The second-order valence-corrected chi connectivity index (χ2v) is 4.83. The summed E-state index contributed by atoms with van der Waals surface area (Å²) in [5, 5.41) is 10.8. The van der Waals surface area contributed by atoms with Crippen molar-refractivity contribution in [2.24, 2.45) is 0 Å². The molecule has 22 heavy (non-hydrogen) atoms. The van der Waals surface area contributed by atoms with Gasteiger partial charge in [0.05, 0.1) is 23.5 Å². The molecule has 1 aromatic heterocycles. The van der Waals surface area contributed by atoms with Crippen LogP contribution in [-0.4, -0.2) is 23.8 Å². The van der Waals surface area contributed by atoms with Crippen molar-refractivity contribution < 1.29 is 14.6 Å². The summed E-state index contributed by atoms with van der Waals surface area (Å²) in [6, 6.07) is 8.29. The lowest BCUT2D eigenvalue weighted by Crippen LogP contribution is -2.05. The van der Waals surface area contributed by atoms with Gasteiger partial charge < -0.3 is 19.6 Å². The monoisotopic (exact) mass is 297 g/mol. The normalized spacial score (nSPS) is 10.8. The highest BCUT2D eigenvalue weighted by Gasteiger charge is 2.12. The van der Waals surface area contributed by atoms with Gasteiger partial charge in [-0.1, -0.05) is 12.7 Å². The fourth-order valence-corrected chi connectivity index (χ4v) is 2.40. The fraction of sp³-hybridized carbons (Fsp3) is 0.118. The number of ether oxygens (including phenoxy) is 2. The number of aromatic amines is 1. The number of hydrogen-bond acceptors (Lipinski definition) is 4. The van der Waals surface area contributed by atoms with Gasteiger partial charge in [-0.2, -0.15) is 0 Å². The molecule has 3 rings (SSSR count). The van der Waals surface area contributed by atoms with E-state index in [1.54, 1.807) is 30.3 Å². The molecule has 0 saturated carbocycles. The molecule has 2 aromatic carbocycles. The van der Waals surface area contributed by atoms with E-state index in [-0.39, 0.29) is 16.6 Å². The topological polar surface area (TPSA) is 71.6 Å². The summed E-state index contributed by atoms with van der Waals surface area (Å²) in [5.41, 5.74) is 0.927. The lowest BCUT2D eigenvalue weighted by atomic mass is 10.1. The third kappa shape index (κ3) is 2.26. The van der Waals surface area contributed by atoms with Gasteiger partial charge in [0.15, 0.2) is 0 Å². The first-order valence-corrected chi connectivity index (χ1v) is 6.74. The van der Waals surface area contributed by atoms with Gasteiger partial charge in [-0.25, -0.2) is 0 Å². The van der Waals surface area contributed by atoms with Crippen LogP contribution in [0.5, 0.6) is 17.2 Å². The SMILES string of the molecule is C=CCOc1cc(O)c2c(=O)c3cc(OC)ccc3[nH]c2c1. The number of aromatic nitrogens is 1. The molecule has 1 heterocycles. The summed E-state index contributed by atoms with van der Waals surface area (Å²) >= 11 is 0. The minimum absolute atomic E-state index is 0.123. The molecule has 0 saturated heterocycles. The Kier molecular flexibility index (Phi) is 3.47. The number of aromatic hydroxyl groups is 1. The third-order valence-electron chi connectivity index (χ3n) is 3.43. The molecule has 3 aromatic rings. The molecule has 0 bridgehead atoms. The molecular formula is C17H15NO4. The number of H-pyrrole nitrogens is 1. The van der Waals surface area contributed by atoms with Crippen molar-refractivity contribution in [2.75, 3.05) is 13.7 Å². The number of phenolic OH excluding ortho intramolecular Hbond substituents is 1. The molecule has 0 atom stereocenters. The van der Waals surface area contributed by atoms with Crippen LogP contribution in [0.15, 0.2) is 47.8 Å². The van der Waals surface area contributed by atoms with Gasteiger partial charge in [-0.15, -0.1) is 0 Å². The van der Waals surface area contributed by atoms with E-state index in [2.05, 4.69) is 11.6 Å². The summed E-state index contributed by atoms with van der Waals surface area (Å²) in [6.07, 6.45) is 1.61. The lowest BCUT2D eigenvalue weighted by molar-refractivity contribution is 0.361. The molecule has 112 valence electrons. The van der Waals surface area contributed by atoms with Gasteiger partial charge in [0.1, 0.15) is 23.9 Å². The lowest BCUT2D eigenvalue weighted by Gasteiger charge is -2.09. The van der Waals surface area contributed by atoms with Crippen LogP contribution in [-0.2, 0) is 0 Å². The Morgan fingerprint density at radius 1 is 1.23 bits per heavy atom. The minimum Gasteiger partial charge on any atom is -0.507 e. The zero-order valence-corrected chi connectivity index (χ0v) is 12.1. The van der Waals surface area contributed by atoms with Crippen molar-refractivity contribution in [3.63, 3.8) is 0 Å². The molecule has 0 spiro atoms. The highest BCUT2D eigenvalue weighted by Crippen LogP contribution is 2.29. The maximum atomic E-state index is 12.6. The van der Waals surface area contributed by atoms with Crippen LogP contribution in [0.25, 0.3) is 21.8 Å². The molecule has 0 aliphatic heterocycles. The van der Waals surface area contributed by atoms with Crippen LogP contribution in [0.2, 0.25) is 0 Å². The van der Waals surface area contributed by atoms with Gasteiger partial charge in [0.25, 0.3) is 0 Å². The molecule has 0 amide bonds. The number of fused-ring (bicyclic) bond motifs is 2. The van der Waals surface area contributed by atoms with E-state index in [1.165, 1.54) is 13.2 Å². The van der Waals surface area contributed by atoms with Gasteiger partial charge in [0, 0.05) is 17.5 Å². The van der Waals surface area contributed by atoms with E-state index in [0.29, 0.717) is 34.5 Å². The molecule has 0 unspecified atom stereocenters. The highest BCUT2D eigenvalue weighted by atomic mass is 16.5. The maximum Gasteiger partial charge on any atom is 0.201 e. The Balaban J connectivity index is 2.30. The predicted molar refractivity (Wildman–Crippen MR) is 86.0 cm³/mol. The summed E-state index contributed by atoms with van der Waals surface area (Å²) in [5.74, 6) is 0.929. The second kappa shape index (κ2) is 5.44. The Morgan fingerprint density at radius 2 is 2.05 bits per heavy atom. The van der Waals surface area contributed by atoms with Gasteiger partial charge in [0.2, 0.25) is 5.43 Å². The van der Waals surface area contributed by atoms with Crippen LogP contribution < -0.4 is 14.9 Å². The van der Waals surface area contributed by atoms with E-state index in [4.69, 9.17) is 9.47 Å². The number of rotatable bonds is 4. The van der Waals surface area contributed by atoms with Crippen molar-refractivity contribution in [3.05, 3.63) is 53.2 Å². The van der Waals surface area contributed by atoms with Gasteiger partial charge in [-0.05, 0) is 18.2 Å². The van der Waals surface area contributed by atoms with Gasteiger partial charge >= 0.3 is 0 Å². The van der Waals surface area contributed by atoms with Crippen molar-refractivity contribution in [2.45, 2.75) is 0 Å². The Hall–Kier alpha value is -2.95. The smallest absolute Gasteiger partial charge is 0.201 e. The van der Waals surface area contributed by atoms with Crippen LogP contribution in [0.3, 0.4) is 0 Å². The van der Waals surface area contributed by atoms with Crippen molar-refractivity contribution in [1.29, 1.82) is 0 Å². The highest BCUT2D eigenvalue weighted by molar-refractivity contribution is 5.96. The van der Waals surface area contributed by atoms with E-state index >= 15 is 0 Å². The molecule has 5 nitrogen and oxygen atoms in total. The Morgan fingerprint density at radius 3 is 2.77 bits per heavy atom. The van der Waals surface area contributed by atoms with Crippen LogP contribution in [0, 0.1) is 0 Å². The average molecular weight is 297 g/mol. The van der Waals surface area contributed by atoms with E-state index in [9.17, 15) is 9.90 Å². The first kappa shape index (κ1) is 14.0. The third-order valence-corrected chi connectivity index (χ3v) is 3.43. The summed E-state index contributed by atoms with van der Waals surface area (Å²) in [7, 11) is 1.54. The molecule has 2 N–H and O–H groups in total. The summed E-state index contributed by atoms with van der Waals surface area (Å²) in [4.78, 5) is 15.7. The molecule has 5 heteroatoms. The number of phenols is 1. The molecule has 0 aliphatic carbocycles. The summed E-state index contributed by atoms with van der Waals surface area (Å²) in [6.45, 7) is 3.89. The first-order valence-electron chi connectivity index (χ1n) is 6.74. The zero-order valence-electron chi connectivity index (χ0n) is 12.1. The average Bonchev–Trinajstić information content (AvgIpc) is 2.52. The first-order chi connectivity index (χ1) is 10.6. The number of benzene rings is 2. The molecule has 0 fully saturated rings. The molecule has 0 radical (unpaired) electrons. The summed E-state index contributed by atoms with van der Waals surface area (Å²) < 4.78 is 10.6. The molecular weight excluding hydrogens is 282 g/mol. The number of nitrogens with one attached hydrogen (secondary N) is 1. The standard InChI is InChI=1S/C17H15NO4/c1-3-6-22-11-8-14-16(15(19)9-11)17(20)12-7-10(21-2)4-5-13(12)18-14/h3-5,7-9,19H,1,6H2,2H3,(H,18,20). The number of methoxy groups -OCH3 is 1. The zero-order chi connectivity index (χ0) is 15.7. The van der Waals surface area contributed by atoms with Gasteiger partial charge in [-0.3, -0.25) is 4.79 Å². The number of pyridine rings is 1. The fourth-order valence-electron chi connectivity index (χ4n) is 2.40. The van der Waals surface area contributed by atoms with Crippen molar-refractivity contribution in [3.8, 4) is 17.2 Å². The van der Waals surface area contributed by atoms with Crippen molar-refractivity contribution in [1.82, 2.24) is 4.98 Å². The largest absolute Gasteiger partial charge is 0.507 e. The van der Waals surface area contributed by atoms with Crippen LogP contribution >= 0.6 is 0 Å². The quantitative estimate of drug-likeness (QED) is 0.573. The van der Waals surface area contributed by atoms with Crippen molar-refractivity contribution >= 4 is 21.8 Å². The molecule has 0 aliphatic rings. The Labute approximate surface area is 126 Å². The predicted octanol–water partition coefficient (Wildman–Crippen LogP) is 2.96. The minimum atomic E-state index is -0.254. The van der Waals surface area contributed by atoms with E-state index in [1.807, 2.05) is 0 Å². The van der Waals surface area contributed by atoms with Crippen LogP contribution in [0.4, 0.5) is 0 Å². The van der Waals surface area contributed by atoms with E-state index < -0.39 is 0 Å². The maximum absolute atomic E-state index is 12.6. The Bertz CT molecular complexity index is 927. The van der Waals surface area contributed by atoms with Crippen LogP contribution in [0.1, 0.15) is 0 Å². The number of hydrogen-bond donors (Lipinski definition) is 2.